The summed E-state index contributed by atoms with van der Waals surface area (Å²) in [6.45, 7) is 2.16. The Hall–Kier alpha value is -2.07. The van der Waals surface area contributed by atoms with Gasteiger partial charge in [0, 0.05) is 21.6 Å². The molecule has 5 radical (unpaired) electrons. The number of hydrogen-bond acceptors (Lipinski definition) is 3. The van der Waals surface area contributed by atoms with Gasteiger partial charge in [0.25, 0.3) is 0 Å². The van der Waals surface area contributed by atoms with Gasteiger partial charge in [-0.05, 0) is 38.3 Å². The lowest BCUT2D eigenvalue weighted by Gasteiger charge is -2.23. The van der Waals surface area contributed by atoms with E-state index in [1.165, 1.54) is 16.1 Å². The minimum atomic E-state index is 0.131. The van der Waals surface area contributed by atoms with E-state index < -0.39 is 0 Å². The topological polar surface area (TPSA) is 30.7 Å². The Morgan fingerprint density at radius 1 is 0.920 bits per heavy atom. The van der Waals surface area contributed by atoms with E-state index in [9.17, 15) is 0 Å². The summed E-state index contributed by atoms with van der Waals surface area (Å²) in [4.78, 5) is 1.24. The monoisotopic (exact) mass is 344 g/mol. The minimum Gasteiger partial charge on any atom is -0.248 e. The van der Waals surface area contributed by atoms with E-state index in [0.29, 0.717) is 0 Å². The highest BCUT2D eigenvalue weighted by atomic mass is 32.2. The van der Waals surface area contributed by atoms with Gasteiger partial charge in [0.05, 0.1) is 12.2 Å². The summed E-state index contributed by atoms with van der Waals surface area (Å²) in [5.41, 5.74) is 1.98. The quantitative estimate of drug-likeness (QED) is 0.650. The molecule has 1 aliphatic rings. The van der Waals surface area contributed by atoms with Crippen molar-refractivity contribution < 1.29 is 0 Å². The third kappa shape index (κ3) is 3.64. The second kappa shape index (κ2) is 7.44. The van der Waals surface area contributed by atoms with Crippen molar-refractivity contribution in [3.8, 4) is 11.3 Å². The van der Waals surface area contributed by atoms with Crippen LogP contribution in [0, 0.1) is 30.4 Å². The summed E-state index contributed by atoms with van der Waals surface area (Å²) >= 11 is 1.79. The second-order valence-electron chi connectivity index (χ2n) is 5.89. The Bertz CT molecular complexity index is 800. The average Bonchev–Trinajstić information content (AvgIpc) is 3.32. The fraction of sp³-hybridized carbons (Fsp3) is 0.0952. The van der Waals surface area contributed by atoms with Crippen molar-refractivity contribution in [2.45, 2.75) is 17.9 Å². The van der Waals surface area contributed by atoms with E-state index in [4.69, 9.17) is 0 Å². The van der Waals surface area contributed by atoms with Crippen LogP contribution in [0.3, 0.4) is 0 Å². The summed E-state index contributed by atoms with van der Waals surface area (Å²) in [6, 6.07) is 20.7. The van der Waals surface area contributed by atoms with Crippen LogP contribution in [0.4, 0.5) is 0 Å². The van der Waals surface area contributed by atoms with Crippen LogP contribution in [0.25, 0.3) is 11.3 Å². The van der Waals surface area contributed by atoms with Crippen molar-refractivity contribution in [3.05, 3.63) is 97.3 Å². The zero-order chi connectivity index (χ0) is 17.1. The number of rotatable bonds is 5. The molecule has 0 spiro atoms. The first-order valence-electron chi connectivity index (χ1n) is 8.27. The van der Waals surface area contributed by atoms with E-state index in [0.717, 1.165) is 11.3 Å². The van der Waals surface area contributed by atoms with Gasteiger partial charge in [0.2, 0.25) is 0 Å². The van der Waals surface area contributed by atoms with E-state index in [-0.39, 0.29) is 6.04 Å². The molecule has 25 heavy (non-hydrogen) atoms. The Morgan fingerprint density at radius 2 is 1.64 bits per heavy atom. The molecule has 2 aromatic carbocycles. The predicted octanol–water partition coefficient (Wildman–Crippen LogP) is 5.03. The SMILES string of the molecule is C[C@@H]([C]1[CH][CH][CH][C]1Sc1ccccc1)n1cc(-c2ccccc2)nn1. The van der Waals surface area contributed by atoms with Gasteiger partial charge in [0.15, 0.2) is 0 Å². The molecule has 0 amide bonds. The summed E-state index contributed by atoms with van der Waals surface area (Å²) in [7, 11) is 0. The Labute approximate surface area is 153 Å². The maximum atomic E-state index is 4.35. The van der Waals surface area contributed by atoms with Crippen LogP contribution in [0.2, 0.25) is 0 Å². The molecular formula is C21H18N3S. The van der Waals surface area contributed by atoms with Crippen molar-refractivity contribution >= 4 is 11.8 Å². The van der Waals surface area contributed by atoms with E-state index >= 15 is 0 Å². The number of benzene rings is 2. The van der Waals surface area contributed by atoms with Crippen molar-refractivity contribution in [1.29, 1.82) is 0 Å². The molecule has 0 aliphatic heterocycles. The lowest BCUT2D eigenvalue weighted by atomic mass is 9.99. The molecule has 3 nitrogen and oxygen atoms in total. The van der Waals surface area contributed by atoms with Crippen LogP contribution in [0.5, 0.6) is 0 Å². The maximum Gasteiger partial charge on any atom is 0.113 e. The number of hydrogen-bond donors (Lipinski definition) is 0. The first-order valence-corrected chi connectivity index (χ1v) is 9.08. The van der Waals surface area contributed by atoms with Gasteiger partial charge in [-0.2, -0.15) is 0 Å². The van der Waals surface area contributed by atoms with Gasteiger partial charge in [0.1, 0.15) is 5.69 Å². The van der Waals surface area contributed by atoms with Crippen molar-refractivity contribution in [1.82, 2.24) is 15.0 Å². The molecule has 1 saturated carbocycles. The van der Waals surface area contributed by atoms with Crippen molar-refractivity contribution in [3.63, 3.8) is 0 Å². The second-order valence-corrected chi connectivity index (χ2v) is 7.00. The van der Waals surface area contributed by atoms with E-state index in [1.54, 1.807) is 11.8 Å². The molecule has 1 atom stereocenters. The fourth-order valence-corrected chi connectivity index (χ4v) is 3.87. The third-order valence-corrected chi connectivity index (χ3v) is 5.31. The van der Waals surface area contributed by atoms with Crippen LogP contribution in [0.1, 0.15) is 13.0 Å². The highest BCUT2D eigenvalue weighted by Gasteiger charge is 2.35. The van der Waals surface area contributed by atoms with Crippen LogP contribution < -0.4 is 0 Å². The molecule has 0 saturated heterocycles. The van der Waals surface area contributed by atoms with Gasteiger partial charge >= 0.3 is 0 Å². The third-order valence-electron chi connectivity index (χ3n) is 4.21. The van der Waals surface area contributed by atoms with Crippen molar-refractivity contribution in [2.75, 3.05) is 0 Å². The van der Waals surface area contributed by atoms with E-state index in [2.05, 4.69) is 72.9 Å². The Balaban J connectivity index is 1.50. The van der Waals surface area contributed by atoms with Gasteiger partial charge in [-0.25, -0.2) is 4.68 Å². The van der Waals surface area contributed by atoms with Crippen molar-refractivity contribution in [2.24, 2.45) is 0 Å². The lowest BCUT2D eigenvalue weighted by Crippen LogP contribution is -2.17. The summed E-state index contributed by atoms with van der Waals surface area (Å²) in [6.07, 6.45) is 8.45. The van der Waals surface area contributed by atoms with Gasteiger partial charge < -0.3 is 0 Å². The molecule has 4 rings (SSSR count). The highest BCUT2D eigenvalue weighted by molar-refractivity contribution is 8.02. The normalized spacial score (nSPS) is 17.0. The smallest absolute Gasteiger partial charge is 0.113 e. The summed E-state index contributed by atoms with van der Waals surface area (Å²) in [5.74, 6) is 1.26. The molecule has 123 valence electrons. The van der Waals surface area contributed by atoms with Gasteiger partial charge in [-0.15, -0.1) is 16.9 Å². The van der Waals surface area contributed by atoms with Gasteiger partial charge in [-0.3, -0.25) is 0 Å². The first kappa shape index (κ1) is 16.4. The molecule has 4 heteroatoms. The highest BCUT2D eigenvalue weighted by Crippen LogP contribution is 2.49. The number of nitrogens with zero attached hydrogens (tertiary/aromatic N) is 3. The van der Waals surface area contributed by atoms with Crippen LogP contribution in [0.15, 0.2) is 71.8 Å². The number of aromatic nitrogens is 3. The summed E-state index contributed by atoms with van der Waals surface area (Å²) < 4.78 is 1.94. The largest absolute Gasteiger partial charge is 0.248 e. The number of thioether (sulfide) groups is 1. The van der Waals surface area contributed by atoms with Crippen LogP contribution in [-0.4, -0.2) is 15.0 Å². The average molecular weight is 344 g/mol. The molecule has 1 heterocycles. The van der Waals surface area contributed by atoms with Gasteiger partial charge in [-0.1, -0.05) is 53.7 Å². The van der Waals surface area contributed by atoms with Crippen LogP contribution in [-0.2, 0) is 0 Å². The molecular weight excluding hydrogens is 326 g/mol. The molecule has 0 bridgehead atoms. The zero-order valence-electron chi connectivity index (χ0n) is 13.9. The first-order chi connectivity index (χ1) is 12.3. The summed E-state index contributed by atoms with van der Waals surface area (Å²) in [5, 5.41) is 9.95. The Morgan fingerprint density at radius 3 is 2.40 bits per heavy atom. The standard InChI is InChI=1S/C21H18N3S/c1-16(24-15-20(22-23-24)17-9-4-2-5-10-17)19-13-8-14-21(19)25-18-11-6-3-7-12-18/h2-16H,1H3/t16-/m0/s1. The maximum absolute atomic E-state index is 4.35. The molecule has 1 fully saturated rings. The predicted molar refractivity (Wildman–Crippen MR) is 102 cm³/mol. The fourth-order valence-electron chi connectivity index (χ4n) is 2.82. The molecule has 3 aromatic rings. The molecule has 0 N–H and O–H groups in total. The molecule has 1 aromatic heterocycles. The van der Waals surface area contributed by atoms with Crippen LogP contribution >= 0.6 is 11.8 Å². The zero-order valence-corrected chi connectivity index (χ0v) is 14.7. The van der Waals surface area contributed by atoms with E-state index in [1.807, 2.05) is 35.1 Å². The minimum absolute atomic E-state index is 0.131. The Kier molecular flexibility index (Phi) is 4.88. The molecule has 0 unspecified atom stereocenters. The molecule has 1 aliphatic carbocycles. The lowest BCUT2D eigenvalue weighted by molar-refractivity contribution is 0.506.